The molecule has 0 amide bonds. The lowest BCUT2D eigenvalue weighted by Crippen LogP contribution is -2.24. The molecule has 156 valence electrons. The highest BCUT2D eigenvalue weighted by Crippen LogP contribution is 2.24. The second-order valence-corrected chi connectivity index (χ2v) is 8.61. The van der Waals surface area contributed by atoms with Crippen molar-refractivity contribution in [2.24, 2.45) is 11.8 Å². The fourth-order valence-electron chi connectivity index (χ4n) is 3.42. The van der Waals surface area contributed by atoms with E-state index in [1.165, 1.54) is 89.9 Å². The zero-order valence-corrected chi connectivity index (χ0v) is 18.4. The van der Waals surface area contributed by atoms with E-state index in [-0.39, 0.29) is 0 Å². The molecule has 2 aliphatic rings. The summed E-state index contributed by atoms with van der Waals surface area (Å²) >= 11 is 0. The van der Waals surface area contributed by atoms with Crippen LogP contribution in [-0.4, -0.2) is 25.4 Å². The summed E-state index contributed by atoms with van der Waals surface area (Å²) in [6.07, 6.45) is 19.9. The van der Waals surface area contributed by atoms with E-state index in [0.29, 0.717) is 12.2 Å². The van der Waals surface area contributed by atoms with E-state index in [1.807, 2.05) is 0 Å². The van der Waals surface area contributed by atoms with Gasteiger partial charge in [-0.2, -0.15) is 0 Å². The lowest BCUT2D eigenvalue weighted by Gasteiger charge is -2.27. The molecule has 2 nitrogen and oxygen atoms in total. The molecule has 26 heavy (non-hydrogen) atoms. The Morgan fingerprint density at radius 1 is 0.654 bits per heavy atom. The van der Waals surface area contributed by atoms with Crippen LogP contribution in [0.25, 0.3) is 0 Å². The normalized spacial score (nSPS) is 19.8. The molecule has 2 unspecified atom stereocenters. The molecule has 2 rings (SSSR count). The molecule has 0 bridgehead atoms. The largest absolute Gasteiger partial charge is 0.378 e. The van der Waals surface area contributed by atoms with Crippen molar-refractivity contribution in [3.8, 4) is 0 Å². The van der Waals surface area contributed by atoms with Gasteiger partial charge in [-0.3, -0.25) is 0 Å². The number of rotatable bonds is 14. The van der Waals surface area contributed by atoms with Crippen molar-refractivity contribution in [1.29, 1.82) is 0 Å². The van der Waals surface area contributed by atoms with Crippen LogP contribution >= 0.6 is 0 Å². The molecule has 0 radical (unpaired) electrons. The van der Waals surface area contributed by atoms with Gasteiger partial charge in [0.1, 0.15) is 0 Å². The average molecular weight is 369 g/mol. The van der Waals surface area contributed by atoms with Crippen LogP contribution in [0.2, 0.25) is 0 Å². The number of hydrogen-bond donors (Lipinski definition) is 0. The minimum atomic E-state index is 0.621. The Bertz CT molecular complexity index is 267. The van der Waals surface area contributed by atoms with Gasteiger partial charge in [-0.25, -0.2) is 0 Å². The molecule has 0 aliphatic heterocycles. The van der Waals surface area contributed by atoms with Gasteiger partial charge in [0.15, 0.2) is 0 Å². The molecule has 0 spiro atoms. The molecule has 2 aliphatic carbocycles. The van der Waals surface area contributed by atoms with E-state index in [2.05, 4.69) is 27.7 Å². The summed E-state index contributed by atoms with van der Waals surface area (Å²) in [6.45, 7) is 11.1. The standard InChI is InChI=1S/2C12H24O/c2*1-3-5-7-11(4-2)10-13-12-8-6-9-12/h2*11-12H,3-10H2,1-2H3. The van der Waals surface area contributed by atoms with E-state index < -0.39 is 0 Å². The first-order valence-electron chi connectivity index (χ1n) is 12.0. The average Bonchev–Trinajstić information content (AvgIpc) is 2.58. The first-order chi connectivity index (χ1) is 12.7. The predicted octanol–water partition coefficient (Wildman–Crippen LogP) is 7.54. The summed E-state index contributed by atoms with van der Waals surface area (Å²) in [5.74, 6) is 1.64. The van der Waals surface area contributed by atoms with Crippen molar-refractivity contribution in [2.75, 3.05) is 13.2 Å². The Hall–Kier alpha value is -0.0800. The zero-order valence-electron chi connectivity index (χ0n) is 18.4. The van der Waals surface area contributed by atoms with Crippen molar-refractivity contribution in [2.45, 2.75) is 130 Å². The third-order valence-electron chi connectivity index (χ3n) is 6.33. The molecule has 2 fully saturated rings. The fraction of sp³-hybridized carbons (Fsp3) is 1.00. The summed E-state index contributed by atoms with van der Waals surface area (Å²) < 4.78 is 11.7. The first-order valence-corrected chi connectivity index (χ1v) is 12.0. The Kier molecular flexibility index (Phi) is 14.7. The molecule has 0 aromatic carbocycles. The molecule has 2 heteroatoms. The van der Waals surface area contributed by atoms with Gasteiger partial charge in [-0.05, 0) is 63.2 Å². The van der Waals surface area contributed by atoms with Crippen molar-refractivity contribution < 1.29 is 9.47 Å². The molecular weight excluding hydrogens is 320 g/mol. The Morgan fingerprint density at radius 3 is 1.27 bits per heavy atom. The van der Waals surface area contributed by atoms with E-state index in [0.717, 1.165) is 25.0 Å². The summed E-state index contributed by atoms with van der Waals surface area (Å²) in [5.41, 5.74) is 0. The van der Waals surface area contributed by atoms with Crippen molar-refractivity contribution in [3.05, 3.63) is 0 Å². The van der Waals surface area contributed by atoms with Crippen LogP contribution in [0, 0.1) is 11.8 Å². The minimum absolute atomic E-state index is 0.621. The SMILES string of the molecule is CCCCC(CC)COC1CCC1.CCCCC(CC)COC1CCC1. The highest BCUT2D eigenvalue weighted by atomic mass is 16.5. The van der Waals surface area contributed by atoms with Crippen LogP contribution in [0.3, 0.4) is 0 Å². The third-order valence-corrected chi connectivity index (χ3v) is 6.33. The monoisotopic (exact) mass is 368 g/mol. The highest BCUT2D eigenvalue weighted by molar-refractivity contribution is 4.70. The van der Waals surface area contributed by atoms with Gasteiger partial charge in [0, 0.05) is 13.2 Å². The van der Waals surface area contributed by atoms with Crippen LogP contribution in [0.1, 0.15) is 118 Å². The van der Waals surface area contributed by atoms with Gasteiger partial charge in [0.25, 0.3) is 0 Å². The Morgan fingerprint density at radius 2 is 1.04 bits per heavy atom. The van der Waals surface area contributed by atoms with E-state index in [4.69, 9.17) is 9.47 Å². The summed E-state index contributed by atoms with van der Waals surface area (Å²) in [7, 11) is 0. The third kappa shape index (κ3) is 10.9. The van der Waals surface area contributed by atoms with Crippen LogP contribution in [0.15, 0.2) is 0 Å². The van der Waals surface area contributed by atoms with Gasteiger partial charge in [0.2, 0.25) is 0 Å². The second kappa shape index (κ2) is 15.9. The summed E-state index contributed by atoms with van der Waals surface area (Å²) in [4.78, 5) is 0. The van der Waals surface area contributed by atoms with Crippen molar-refractivity contribution in [3.63, 3.8) is 0 Å². The van der Waals surface area contributed by atoms with Crippen LogP contribution in [0.5, 0.6) is 0 Å². The molecule has 0 heterocycles. The summed E-state index contributed by atoms with van der Waals surface area (Å²) in [6, 6.07) is 0. The Labute approximate surface area is 164 Å². The zero-order chi connectivity index (χ0) is 19.0. The maximum absolute atomic E-state index is 5.83. The maximum atomic E-state index is 5.83. The lowest BCUT2D eigenvalue weighted by molar-refractivity contribution is -0.0179. The van der Waals surface area contributed by atoms with Crippen molar-refractivity contribution in [1.82, 2.24) is 0 Å². The minimum Gasteiger partial charge on any atom is -0.378 e. The summed E-state index contributed by atoms with van der Waals surface area (Å²) in [5, 5.41) is 0. The van der Waals surface area contributed by atoms with Crippen LogP contribution < -0.4 is 0 Å². The molecule has 2 atom stereocenters. The van der Waals surface area contributed by atoms with Crippen molar-refractivity contribution >= 4 is 0 Å². The van der Waals surface area contributed by atoms with Gasteiger partial charge >= 0.3 is 0 Å². The lowest BCUT2D eigenvalue weighted by atomic mass is 9.95. The molecule has 0 saturated heterocycles. The van der Waals surface area contributed by atoms with Crippen LogP contribution in [-0.2, 0) is 9.47 Å². The fourth-order valence-corrected chi connectivity index (χ4v) is 3.42. The number of ether oxygens (including phenoxy) is 2. The maximum Gasteiger partial charge on any atom is 0.0575 e. The first kappa shape index (κ1) is 24.0. The van der Waals surface area contributed by atoms with Crippen LogP contribution in [0.4, 0.5) is 0 Å². The van der Waals surface area contributed by atoms with E-state index >= 15 is 0 Å². The highest BCUT2D eigenvalue weighted by Gasteiger charge is 2.19. The van der Waals surface area contributed by atoms with E-state index in [9.17, 15) is 0 Å². The molecule has 0 N–H and O–H groups in total. The second-order valence-electron chi connectivity index (χ2n) is 8.61. The molecule has 0 aromatic heterocycles. The topological polar surface area (TPSA) is 18.5 Å². The predicted molar refractivity (Wildman–Crippen MR) is 114 cm³/mol. The quantitative estimate of drug-likeness (QED) is 0.315. The van der Waals surface area contributed by atoms with Gasteiger partial charge in [-0.15, -0.1) is 0 Å². The molecule has 2 saturated carbocycles. The number of unbranched alkanes of at least 4 members (excludes halogenated alkanes) is 2. The van der Waals surface area contributed by atoms with Gasteiger partial charge < -0.3 is 9.47 Å². The molecule has 0 aromatic rings. The Balaban J connectivity index is 0.000000260. The molecular formula is C24H48O2. The smallest absolute Gasteiger partial charge is 0.0575 e. The van der Waals surface area contributed by atoms with Gasteiger partial charge in [-0.1, -0.05) is 66.2 Å². The van der Waals surface area contributed by atoms with Gasteiger partial charge in [0.05, 0.1) is 12.2 Å². The number of hydrogen-bond acceptors (Lipinski definition) is 2. The van der Waals surface area contributed by atoms with E-state index in [1.54, 1.807) is 0 Å².